The van der Waals surface area contributed by atoms with Crippen molar-refractivity contribution in [2.75, 3.05) is 33.2 Å². The number of hydrogen-bond donors (Lipinski definition) is 2. The lowest BCUT2D eigenvalue weighted by molar-refractivity contribution is -0.143. The van der Waals surface area contributed by atoms with E-state index in [4.69, 9.17) is 4.42 Å². The molecule has 0 bridgehead atoms. The third kappa shape index (κ3) is 7.99. The number of oxazole rings is 1. The van der Waals surface area contributed by atoms with Crippen LogP contribution >= 0.6 is 0 Å². The first-order valence-corrected chi connectivity index (χ1v) is 9.14. The van der Waals surface area contributed by atoms with E-state index in [0.29, 0.717) is 50.1 Å². The summed E-state index contributed by atoms with van der Waals surface area (Å²) < 4.78 is 42.4. The monoisotopic (exact) mass is 397 g/mol. The Balaban J connectivity index is 1.81. The van der Waals surface area contributed by atoms with Gasteiger partial charge >= 0.3 is 6.18 Å². The second-order valence-corrected chi connectivity index (χ2v) is 6.34. The van der Waals surface area contributed by atoms with Gasteiger partial charge in [0.1, 0.15) is 12.0 Å². The number of hydrogen-bond acceptors (Lipinski definition) is 4. The van der Waals surface area contributed by atoms with Gasteiger partial charge in [0.15, 0.2) is 5.96 Å². The van der Waals surface area contributed by atoms with Crippen LogP contribution in [-0.2, 0) is 6.54 Å². The Hall–Kier alpha value is -2.55. The van der Waals surface area contributed by atoms with Gasteiger partial charge in [-0.1, -0.05) is 18.2 Å². The zero-order chi connectivity index (χ0) is 20.4. The Kier molecular flexibility index (Phi) is 8.31. The Morgan fingerprint density at radius 1 is 1.21 bits per heavy atom. The lowest BCUT2D eigenvalue weighted by Gasteiger charge is -2.18. The number of alkyl halides is 3. The molecule has 1 aromatic heterocycles. The van der Waals surface area contributed by atoms with Crippen molar-refractivity contribution < 1.29 is 17.6 Å². The molecule has 0 spiro atoms. The van der Waals surface area contributed by atoms with Crippen molar-refractivity contribution in [2.45, 2.75) is 26.1 Å². The van der Waals surface area contributed by atoms with Crippen LogP contribution in [0.4, 0.5) is 13.2 Å². The van der Waals surface area contributed by atoms with E-state index >= 15 is 0 Å². The maximum Gasteiger partial charge on any atom is 0.401 e. The molecule has 0 atom stereocenters. The van der Waals surface area contributed by atoms with Crippen LogP contribution in [0.3, 0.4) is 0 Å². The number of nitrogens with zero attached hydrogens (tertiary/aromatic N) is 3. The van der Waals surface area contributed by atoms with Crippen molar-refractivity contribution in [1.29, 1.82) is 0 Å². The highest BCUT2D eigenvalue weighted by Gasteiger charge is 2.28. The molecule has 0 fully saturated rings. The van der Waals surface area contributed by atoms with Crippen LogP contribution < -0.4 is 10.6 Å². The van der Waals surface area contributed by atoms with E-state index in [2.05, 4.69) is 20.6 Å². The molecule has 6 nitrogen and oxygen atoms in total. The lowest BCUT2D eigenvalue weighted by atomic mass is 10.2. The number of aromatic nitrogens is 1. The third-order valence-electron chi connectivity index (χ3n) is 3.77. The van der Waals surface area contributed by atoms with Crippen LogP contribution in [-0.4, -0.2) is 55.2 Å². The van der Waals surface area contributed by atoms with E-state index in [0.717, 1.165) is 5.56 Å². The Morgan fingerprint density at radius 2 is 1.96 bits per heavy atom. The maximum atomic E-state index is 12.3. The van der Waals surface area contributed by atoms with Crippen molar-refractivity contribution in [3.8, 4) is 11.5 Å². The molecule has 2 rings (SSSR count). The highest BCUT2D eigenvalue weighted by atomic mass is 19.4. The lowest BCUT2D eigenvalue weighted by Crippen LogP contribution is -2.39. The van der Waals surface area contributed by atoms with E-state index in [1.54, 1.807) is 6.26 Å². The summed E-state index contributed by atoms with van der Waals surface area (Å²) in [6.07, 6.45) is -2.03. The number of halogens is 3. The van der Waals surface area contributed by atoms with Crippen molar-refractivity contribution in [1.82, 2.24) is 20.5 Å². The fraction of sp³-hybridized carbons (Fsp3) is 0.474. The molecule has 0 aliphatic rings. The summed E-state index contributed by atoms with van der Waals surface area (Å²) in [5.74, 6) is 1.13. The minimum atomic E-state index is -4.17. The first-order valence-electron chi connectivity index (χ1n) is 9.14. The molecule has 1 heterocycles. The van der Waals surface area contributed by atoms with Gasteiger partial charge in [0.2, 0.25) is 5.89 Å². The van der Waals surface area contributed by atoms with Crippen molar-refractivity contribution >= 4 is 5.96 Å². The second-order valence-electron chi connectivity index (χ2n) is 6.34. The largest absolute Gasteiger partial charge is 0.444 e. The molecule has 0 aliphatic carbocycles. The Labute approximate surface area is 162 Å². The number of rotatable bonds is 9. The number of aliphatic imine (C=N–C) groups is 1. The molecule has 0 amide bonds. The zero-order valence-electron chi connectivity index (χ0n) is 16.1. The SMILES string of the molecule is CCNC(=NCc1coc(-c2ccccc2)n1)NCCCN(C)CC(F)(F)F. The van der Waals surface area contributed by atoms with Crippen LogP contribution in [0.15, 0.2) is 46.0 Å². The fourth-order valence-electron chi connectivity index (χ4n) is 2.54. The molecule has 154 valence electrons. The Morgan fingerprint density at radius 3 is 2.64 bits per heavy atom. The average Bonchev–Trinajstić information content (AvgIpc) is 3.11. The summed E-state index contributed by atoms with van der Waals surface area (Å²) in [5.41, 5.74) is 1.59. The highest BCUT2D eigenvalue weighted by Crippen LogP contribution is 2.18. The molecular weight excluding hydrogens is 371 g/mol. The Bertz CT molecular complexity index is 731. The van der Waals surface area contributed by atoms with E-state index in [1.807, 2.05) is 37.3 Å². The van der Waals surface area contributed by atoms with E-state index in [1.165, 1.54) is 11.9 Å². The molecule has 9 heteroatoms. The van der Waals surface area contributed by atoms with Gasteiger partial charge in [-0.05, 0) is 39.1 Å². The van der Waals surface area contributed by atoms with Crippen LogP contribution in [0, 0.1) is 0 Å². The predicted octanol–water partition coefficient (Wildman–Crippen LogP) is 3.28. The molecule has 0 saturated heterocycles. The smallest absolute Gasteiger partial charge is 0.401 e. The molecule has 28 heavy (non-hydrogen) atoms. The van der Waals surface area contributed by atoms with E-state index in [9.17, 15) is 13.2 Å². The molecule has 1 aromatic carbocycles. The number of benzene rings is 1. The second kappa shape index (κ2) is 10.7. The van der Waals surface area contributed by atoms with Crippen LogP contribution in [0.1, 0.15) is 19.0 Å². The summed E-state index contributed by atoms with van der Waals surface area (Å²) in [7, 11) is 1.46. The topological polar surface area (TPSA) is 65.7 Å². The molecule has 0 saturated carbocycles. The summed E-state index contributed by atoms with van der Waals surface area (Å²) in [6, 6.07) is 9.58. The number of nitrogens with one attached hydrogen (secondary N) is 2. The summed E-state index contributed by atoms with van der Waals surface area (Å²) in [5, 5.41) is 6.22. The molecule has 2 N–H and O–H groups in total. The van der Waals surface area contributed by atoms with Crippen LogP contribution in [0.5, 0.6) is 0 Å². The number of guanidine groups is 1. The molecule has 0 unspecified atom stereocenters. The summed E-state index contributed by atoms with van der Waals surface area (Å²) in [6.45, 7) is 2.90. The van der Waals surface area contributed by atoms with Gasteiger partial charge in [0.25, 0.3) is 0 Å². The molecule has 0 radical (unpaired) electrons. The molecule has 2 aromatic rings. The normalized spacial score (nSPS) is 12.4. The summed E-state index contributed by atoms with van der Waals surface area (Å²) in [4.78, 5) is 10.1. The van der Waals surface area contributed by atoms with Crippen molar-refractivity contribution in [3.63, 3.8) is 0 Å². The predicted molar refractivity (Wildman–Crippen MR) is 103 cm³/mol. The van der Waals surface area contributed by atoms with Gasteiger partial charge < -0.3 is 15.1 Å². The average molecular weight is 397 g/mol. The first kappa shape index (κ1) is 21.7. The third-order valence-corrected chi connectivity index (χ3v) is 3.77. The quantitative estimate of drug-likeness (QED) is 0.386. The molecular formula is C19H26F3N5O. The minimum Gasteiger partial charge on any atom is -0.444 e. The minimum absolute atomic E-state index is 0.333. The maximum absolute atomic E-state index is 12.3. The van der Waals surface area contributed by atoms with Gasteiger partial charge in [-0.3, -0.25) is 4.90 Å². The highest BCUT2D eigenvalue weighted by molar-refractivity contribution is 5.79. The molecule has 0 aliphatic heterocycles. The van der Waals surface area contributed by atoms with E-state index < -0.39 is 12.7 Å². The standard InChI is InChI=1S/C19H26F3N5O/c1-3-23-18(24-10-7-11-27(2)14-19(20,21)22)25-12-16-13-28-17(26-16)15-8-5-4-6-9-15/h4-6,8-9,13H,3,7,10-12,14H2,1-2H3,(H2,23,24,25). The van der Waals surface area contributed by atoms with Gasteiger partial charge in [0.05, 0.1) is 13.1 Å². The van der Waals surface area contributed by atoms with Gasteiger partial charge in [0, 0.05) is 18.7 Å². The van der Waals surface area contributed by atoms with Gasteiger partial charge in [-0.25, -0.2) is 9.98 Å². The summed E-state index contributed by atoms with van der Waals surface area (Å²) >= 11 is 0. The first-order chi connectivity index (χ1) is 13.4. The fourth-order valence-corrected chi connectivity index (χ4v) is 2.54. The van der Waals surface area contributed by atoms with Gasteiger partial charge in [-0.15, -0.1) is 0 Å². The van der Waals surface area contributed by atoms with E-state index in [-0.39, 0.29) is 0 Å². The van der Waals surface area contributed by atoms with Crippen LogP contribution in [0.2, 0.25) is 0 Å². The van der Waals surface area contributed by atoms with Crippen molar-refractivity contribution in [2.24, 2.45) is 4.99 Å². The zero-order valence-corrected chi connectivity index (χ0v) is 16.1. The van der Waals surface area contributed by atoms with Gasteiger partial charge in [-0.2, -0.15) is 13.2 Å². The van der Waals surface area contributed by atoms with Crippen LogP contribution in [0.25, 0.3) is 11.5 Å². The van der Waals surface area contributed by atoms with Crippen molar-refractivity contribution in [3.05, 3.63) is 42.3 Å².